The van der Waals surface area contributed by atoms with E-state index in [4.69, 9.17) is 4.74 Å². The molecular formula is C15H19NO2S. The zero-order valence-electron chi connectivity index (χ0n) is 11.7. The minimum Gasteiger partial charge on any atom is -0.496 e. The van der Waals surface area contributed by atoms with Crippen LogP contribution in [0, 0.1) is 20.8 Å². The van der Waals surface area contributed by atoms with Gasteiger partial charge in [0, 0.05) is 6.42 Å². The van der Waals surface area contributed by atoms with Gasteiger partial charge in [-0.15, -0.1) is 11.3 Å². The van der Waals surface area contributed by atoms with Gasteiger partial charge in [-0.3, -0.25) is 0 Å². The summed E-state index contributed by atoms with van der Waals surface area (Å²) in [4.78, 5) is 5.31. The van der Waals surface area contributed by atoms with Gasteiger partial charge in [-0.2, -0.15) is 0 Å². The molecule has 0 spiro atoms. The average Bonchev–Trinajstić information content (AvgIpc) is 2.69. The van der Waals surface area contributed by atoms with Crippen molar-refractivity contribution in [2.24, 2.45) is 0 Å². The van der Waals surface area contributed by atoms with Crippen LogP contribution in [-0.4, -0.2) is 17.2 Å². The Morgan fingerprint density at radius 2 is 2.05 bits per heavy atom. The number of aliphatic hydroxyl groups excluding tert-OH is 1. The number of benzene rings is 1. The van der Waals surface area contributed by atoms with E-state index in [9.17, 15) is 5.11 Å². The van der Waals surface area contributed by atoms with Crippen LogP contribution in [0.5, 0.6) is 5.75 Å². The van der Waals surface area contributed by atoms with Gasteiger partial charge in [0.25, 0.3) is 0 Å². The molecule has 0 radical (unpaired) electrons. The van der Waals surface area contributed by atoms with Crippen molar-refractivity contribution in [1.29, 1.82) is 0 Å². The van der Waals surface area contributed by atoms with E-state index in [1.807, 2.05) is 32.9 Å². The molecule has 0 aliphatic rings. The molecule has 1 atom stereocenters. The molecule has 19 heavy (non-hydrogen) atoms. The molecule has 0 fully saturated rings. The van der Waals surface area contributed by atoms with Crippen LogP contribution in [0.3, 0.4) is 0 Å². The van der Waals surface area contributed by atoms with Gasteiger partial charge < -0.3 is 9.84 Å². The van der Waals surface area contributed by atoms with Gasteiger partial charge in [-0.1, -0.05) is 17.7 Å². The Morgan fingerprint density at radius 1 is 1.32 bits per heavy atom. The second-order valence-electron chi connectivity index (χ2n) is 4.72. The predicted molar refractivity (Wildman–Crippen MR) is 78.0 cm³/mol. The monoisotopic (exact) mass is 277 g/mol. The second-order valence-corrected chi connectivity index (χ2v) is 5.95. The third-order valence-corrected chi connectivity index (χ3v) is 4.27. The molecule has 102 valence electrons. The third kappa shape index (κ3) is 3.14. The van der Waals surface area contributed by atoms with E-state index in [0.717, 1.165) is 26.9 Å². The van der Waals surface area contributed by atoms with Crippen LogP contribution in [0.1, 0.15) is 32.8 Å². The molecule has 3 nitrogen and oxygen atoms in total. The van der Waals surface area contributed by atoms with Crippen LogP contribution < -0.4 is 4.74 Å². The van der Waals surface area contributed by atoms with E-state index in [1.165, 1.54) is 5.56 Å². The molecule has 0 aliphatic heterocycles. The van der Waals surface area contributed by atoms with Crippen molar-refractivity contribution < 1.29 is 9.84 Å². The molecule has 0 aliphatic carbocycles. The first-order valence-electron chi connectivity index (χ1n) is 6.26. The standard InChI is InChI=1S/C15H19NO2S/c1-9-5-6-14(18-4)12(7-9)8-13(17)15-10(2)16-11(3)19-15/h5-7,13,17H,8H2,1-4H3. The number of rotatable bonds is 4. The fourth-order valence-electron chi connectivity index (χ4n) is 2.22. The first-order chi connectivity index (χ1) is 9.01. The van der Waals surface area contributed by atoms with Crippen molar-refractivity contribution in [3.63, 3.8) is 0 Å². The third-order valence-electron chi connectivity index (χ3n) is 3.09. The summed E-state index contributed by atoms with van der Waals surface area (Å²) in [5.74, 6) is 0.823. The zero-order valence-corrected chi connectivity index (χ0v) is 12.5. The van der Waals surface area contributed by atoms with E-state index in [1.54, 1.807) is 18.4 Å². The summed E-state index contributed by atoms with van der Waals surface area (Å²) >= 11 is 1.56. The zero-order chi connectivity index (χ0) is 14.0. The SMILES string of the molecule is COc1ccc(C)cc1CC(O)c1sc(C)nc1C. The normalized spacial score (nSPS) is 12.5. The van der Waals surface area contributed by atoms with E-state index in [-0.39, 0.29) is 0 Å². The van der Waals surface area contributed by atoms with Gasteiger partial charge in [0.2, 0.25) is 0 Å². The first kappa shape index (κ1) is 14.0. The fraction of sp³-hybridized carbons (Fsp3) is 0.400. The number of ether oxygens (including phenoxy) is 1. The maximum absolute atomic E-state index is 10.4. The highest BCUT2D eigenvalue weighted by atomic mass is 32.1. The molecule has 0 bridgehead atoms. The van der Waals surface area contributed by atoms with Gasteiger partial charge in [-0.05, 0) is 32.4 Å². The van der Waals surface area contributed by atoms with Gasteiger partial charge >= 0.3 is 0 Å². The molecule has 0 amide bonds. The maximum atomic E-state index is 10.4. The Bertz CT molecular complexity index is 578. The van der Waals surface area contributed by atoms with Crippen molar-refractivity contribution in [1.82, 2.24) is 4.98 Å². The summed E-state index contributed by atoms with van der Waals surface area (Å²) in [7, 11) is 1.66. The van der Waals surface area contributed by atoms with Crippen LogP contribution >= 0.6 is 11.3 Å². The van der Waals surface area contributed by atoms with E-state index in [0.29, 0.717) is 6.42 Å². The van der Waals surface area contributed by atoms with Gasteiger partial charge in [0.05, 0.1) is 28.8 Å². The van der Waals surface area contributed by atoms with Crippen molar-refractivity contribution >= 4 is 11.3 Å². The molecule has 2 aromatic rings. The summed E-state index contributed by atoms with van der Waals surface area (Å²) in [5, 5.41) is 11.4. The molecule has 1 aromatic carbocycles. The smallest absolute Gasteiger partial charge is 0.122 e. The van der Waals surface area contributed by atoms with Crippen LogP contribution in [0.25, 0.3) is 0 Å². The Balaban J connectivity index is 2.25. The minimum atomic E-state index is -0.526. The lowest BCUT2D eigenvalue weighted by molar-refractivity contribution is 0.180. The lowest BCUT2D eigenvalue weighted by Crippen LogP contribution is -2.03. The molecule has 0 saturated heterocycles. The number of methoxy groups -OCH3 is 1. The Morgan fingerprint density at radius 3 is 2.63 bits per heavy atom. The Hall–Kier alpha value is -1.39. The van der Waals surface area contributed by atoms with Gasteiger partial charge in [-0.25, -0.2) is 4.98 Å². The number of hydrogen-bond donors (Lipinski definition) is 1. The highest BCUT2D eigenvalue weighted by molar-refractivity contribution is 7.11. The van der Waals surface area contributed by atoms with E-state index >= 15 is 0 Å². The number of hydrogen-bond acceptors (Lipinski definition) is 4. The minimum absolute atomic E-state index is 0.526. The lowest BCUT2D eigenvalue weighted by Gasteiger charge is -2.13. The quantitative estimate of drug-likeness (QED) is 0.932. The second kappa shape index (κ2) is 5.72. The molecule has 2 rings (SSSR count). The number of aromatic nitrogens is 1. The summed E-state index contributed by atoms with van der Waals surface area (Å²) in [6.07, 6.45) is 0.0229. The maximum Gasteiger partial charge on any atom is 0.122 e. The highest BCUT2D eigenvalue weighted by Gasteiger charge is 2.17. The largest absolute Gasteiger partial charge is 0.496 e. The average molecular weight is 277 g/mol. The van der Waals surface area contributed by atoms with Crippen LogP contribution in [0.4, 0.5) is 0 Å². The molecule has 1 N–H and O–H groups in total. The highest BCUT2D eigenvalue weighted by Crippen LogP contribution is 2.30. The van der Waals surface area contributed by atoms with Crippen LogP contribution in [0.2, 0.25) is 0 Å². The fourth-order valence-corrected chi connectivity index (χ4v) is 3.14. The topological polar surface area (TPSA) is 42.4 Å². The van der Waals surface area contributed by atoms with Crippen LogP contribution in [0.15, 0.2) is 18.2 Å². The first-order valence-corrected chi connectivity index (χ1v) is 7.08. The summed E-state index contributed by atoms with van der Waals surface area (Å²) in [6.45, 7) is 5.94. The van der Waals surface area contributed by atoms with E-state index < -0.39 is 6.10 Å². The Labute approximate surface area is 117 Å². The van der Waals surface area contributed by atoms with Crippen molar-refractivity contribution in [3.05, 3.63) is 44.9 Å². The number of aryl methyl sites for hydroxylation is 3. The van der Waals surface area contributed by atoms with Gasteiger partial charge in [0.1, 0.15) is 5.75 Å². The van der Waals surface area contributed by atoms with Crippen LogP contribution in [-0.2, 0) is 6.42 Å². The molecular weight excluding hydrogens is 258 g/mol. The summed E-state index contributed by atoms with van der Waals surface area (Å²) in [6, 6.07) is 6.02. The van der Waals surface area contributed by atoms with Crippen molar-refractivity contribution in [2.45, 2.75) is 33.3 Å². The molecule has 1 unspecified atom stereocenters. The number of thiazole rings is 1. The summed E-state index contributed by atoms with van der Waals surface area (Å²) in [5.41, 5.74) is 3.11. The van der Waals surface area contributed by atoms with Crippen molar-refractivity contribution in [3.8, 4) is 5.75 Å². The predicted octanol–water partition coefficient (Wildman–Crippen LogP) is 3.35. The van der Waals surface area contributed by atoms with Gasteiger partial charge in [0.15, 0.2) is 0 Å². The molecule has 1 heterocycles. The molecule has 0 saturated carbocycles. The molecule has 4 heteroatoms. The van der Waals surface area contributed by atoms with E-state index in [2.05, 4.69) is 11.1 Å². The van der Waals surface area contributed by atoms with Crippen molar-refractivity contribution in [2.75, 3.05) is 7.11 Å². The number of aliphatic hydroxyl groups is 1. The molecule has 1 aromatic heterocycles. The summed E-state index contributed by atoms with van der Waals surface area (Å²) < 4.78 is 5.35. The lowest BCUT2D eigenvalue weighted by atomic mass is 10.0. The number of nitrogens with zero attached hydrogens (tertiary/aromatic N) is 1. The Kier molecular flexibility index (Phi) is 4.22.